The molecule has 1 heterocycles. The van der Waals surface area contributed by atoms with Crippen LogP contribution in [-0.2, 0) is 4.74 Å². The van der Waals surface area contributed by atoms with E-state index in [2.05, 4.69) is 20.8 Å². The Morgan fingerprint density at radius 3 is 2.36 bits per heavy atom. The van der Waals surface area contributed by atoms with Gasteiger partial charge in [0.15, 0.2) is 0 Å². The lowest BCUT2D eigenvalue weighted by molar-refractivity contribution is -0.384. The zero-order valence-corrected chi connectivity index (χ0v) is 18.8. The number of nitro benzene ring substituents is 1. The average Bonchev–Trinajstić information content (AvgIpc) is 3.03. The van der Waals surface area contributed by atoms with E-state index in [1.54, 1.807) is 0 Å². The van der Waals surface area contributed by atoms with Gasteiger partial charge in [0.05, 0.1) is 27.3 Å². The second-order valence-electron chi connectivity index (χ2n) is 9.25. The molecule has 0 radical (unpaired) electrons. The van der Waals surface area contributed by atoms with Crippen molar-refractivity contribution >= 4 is 29.2 Å². The maximum atomic E-state index is 13.0. The summed E-state index contributed by atoms with van der Waals surface area (Å²) < 4.78 is 5.88. The van der Waals surface area contributed by atoms with Gasteiger partial charge in [-0.15, -0.1) is 0 Å². The molecule has 1 saturated carbocycles. The summed E-state index contributed by atoms with van der Waals surface area (Å²) in [7, 11) is 0. The molecule has 1 aliphatic heterocycles. The minimum absolute atomic E-state index is 0.116. The Bertz CT molecular complexity index is 1120. The first-order chi connectivity index (χ1) is 15.7. The van der Waals surface area contributed by atoms with Gasteiger partial charge < -0.3 is 4.74 Å². The number of amides is 2. The maximum absolute atomic E-state index is 13.0. The zero-order chi connectivity index (χ0) is 23.9. The lowest BCUT2D eigenvalue weighted by atomic mass is 9.75. The number of ether oxygens (including phenoxy) is 1. The van der Waals surface area contributed by atoms with Gasteiger partial charge in [-0.3, -0.25) is 19.7 Å². The summed E-state index contributed by atoms with van der Waals surface area (Å²) in [5.74, 6) is -0.455. The molecule has 172 valence electrons. The summed E-state index contributed by atoms with van der Waals surface area (Å²) in [6.07, 6.45) is 2.76. The molecule has 1 aliphatic carbocycles. The van der Waals surface area contributed by atoms with Gasteiger partial charge in [-0.05, 0) is 60.9 Å². The Kier molecular flexibility index (Phi) is 6.01. The highest BCUT2D eigenvalue weighted by Gasteiger charge is 2.38. The van der Waals surface area contributed by atoms with Crippen LogP contribution in [-0.4, -0.2) is 28.8 Å². The molecule has 2 aromatic carbocycles. The normalized spacial score (nSPS) is 22.4. The van der Waals surface area contributed by atoms with Crippen LogP contribution in [0.15, 0.2) is 42.5 Å². The van der Waals surface area contributed by atoms with Gasteiger partial charge in [0.25, 0.3) is 17.5 Å². The fourth-order valence-electron chi connectivity index (χ4n) is 4.78. The minimum atomic E-state index is -0.579. The minimum Gasteiger partial charge on any atom is -0.458 e. The van der Waals surface area contributed by atoms with E-state index in [4.69, 9.17) is 4.74 Å². The van der Waals surface area contributed by atoms with Crippen LogP contribution in [0, 0.1) is 27.9 Å². The van der Waals surface area contributed by atoms with Crippen LogP contribution in [0.5, 0.6) is 0 Å². The van der Waals surface area contributed by atoms with Gasteiger partial charge >= 0.3 is 5.97 Å². The van der Waals surface area contributed by atoms with Crippen molar-refractivity contribution in [3.8, 4) is 0 Å². The molecule has 2 amide bonds. The van der Waals surface area contributed by atoms with E-state index in [0.717, 1.165) is 24.2 Å². The van der Waals surface area contributed by atoms with Crippen LogP contribution >= 0.6 is 0 Å². The largest absolute Gasteiger partial charge is 0.458 e. The van der Waals surface area contributed by atoms with Crippen LogP contribution in [0.2, 0.25) is 0 Å². The monoisotopic (exact) mass is 450 g/mol. The van der Waals surface area contributed by atoms with E-state index in [-0.39, 0.29) is 34.2 Å². The number of nitro groups is 1. The van der Waals surface area contributed by atoms with Gasteiger partial charge in [-0.1, -0.05) is 27.2 Å². The molecule has 2 aromatic rings. The first kappa shape index (κ1) is 22.6. The molecule has 0 aromatic heterocycles. The van der Waals surface area contributed by atoms with Crippen molar-refractivity contribution in [3.63, 3.8) is 0 Å². The van der Waals surface area contributed by atoms with Crippen molar-refractivity contribution in [3.05, 3.63) is 69.3 Å². The third-order valence-electron chi connectivity index (χ3n) is 6.66. The highest BCUT2D eigenvalue weighted by atomic mass is 16.6. The van der Waals surface area contributed by atoms with E-state index in [0.29, 0.717) is 17.8 Å². The van der Waals surface area contributed by atoms with Gasteiger partial charge in [-0.25, -0.2) is 9.69 Å². The predicted octanol–water partition coefficient (Wildman–Crippen LogP) is 5.01. The first-order valence-corrected chi connectivity index (χ1v) is 11.2. The molecule has 8 nitrogen and oxygen atoms in total. The van der Waals surface area contributed by atoms with Crippen LogP contribution in [0.1, 0.15) is 71.1 Å². The Hall–Kier alpha value is -3.55. The molecule has 2 aliphatic rings. The molecule has 3 atom stereocenters. The summed E-state index contributed by atoms with van der Waals surface area (Å²) >= 11 is 0. The molecule has 8 heteroatoms. The van der Waals surface area contributed by atoms with Crippen LogP contribution in [0.3, 0.4) is 0 Å². The van der Waals surface area contributed by atoms with Crippen molar-refractivity contribution < 1.29 is 24.0 Å². The molecule has 1 fully saturated rings. The third-order valence-corrected chi connectivity index (χ3v) is 6.66. The fourth-order valence-corrected chi connectivity index (χ4v) is 4.78. The fraction of sp³-hybridized carbons (Fsp3) is 0.400. The van der Waals surface area contributed by atoms with Gasteiger partial charge in [0.1, 0.15) is 6.10 Å². The summed E-state index contributed by atoms with van der Waals surface area (Å²) in [5, 5.41) is 10.9. The number of hydrogen-bond donors (Lipinski definition) is 0. The molecule has 0 saturated heterocycles. The number of fused-ring (bicyclic) bond motifs is 1. The number of anilines is 1. The van der Waals surface area contributed by atoms with Crippen molar-refractivity contribution in [1.82, 2.24) is 0 Å². The molecular weight excluding hydrogens is 424 g/mol. The Morgan fingerprint density at radius 1 is 1.06 bits per heavy atom. The Morgan fingerprint density at radius 2 is 1.73 bits per heavy atom. The number of hydrogen-bond acceptors (Lipinski definition) is 6. The van der Waals surface area contributed by atoms with Gasteiger partial charge in [-0.2, -0.15) is 0 Å². The number of benzene rings is 2. The predicted molar refractivity (Wildman–Crippen MR) is 121 cm³/mol. The number of nitrogens with zero attached hydrogens (tertiary/aromatic N) is 2. The average molecular weight is 450 g/mol. The smallest absolute Gasteiger partial charge is 0.338 e. The lowest BCUT2D eigenvalue weighted by Crippen LogP contribution is -2.35. The lowest BCUT2D eigenvalue weighted by Gasteiger charge is -2.36. The first-order valence-electron chi connectivity index (χ1n) is 11.2. The van der Waals surface area contributed by atoms with E-state index in [9.17, 15) is 24.5 Å². The van der Waals surface area contributed by atoms with E-state index >= 15 is 0 Å². The number of esters is 1. The number of imide groups is 1. The topological polar surface area (TPSA) is 107 Å². The van der Waals surface area contributed by atoms with Crippen LogP contribution in [0.4, 0.5) is 11.4 Å². The summed E-state index contributed by atoms with van der Waals surface area (Å²) in [6, 6.07) is 9.54. The van der Waals surface area contributed by atoms with E-state index < -0.39 is 22.7 Å². The second-order valence-corrected chi connectivity index (χ2v) is 9.25. The van der Waals surface area contributed by atoms with E-state index in [1.165, 1.54) is 42.5 Å². The quantitative estimate of drug-likeness (QED) is 0.274. The number of non-ortho nitro benzene ring substituents is 1. The third kappa shape index (κ3) is 4.25. The van der Waals surface area contributed by atoms with Crippen molar-refractivity contribution in [2.75, 3.05) is 4.90 Å². The SMILES string of the molecule is CC(C)[C@@H]1CC[C@@H](C)C[C@@H]1OC(=O)c1ccc2c(c1)C(=O)N(c1ccc([N+](=O)[O-])cc1)C2=O. The van der Waals surface area contributed by atoms with Gasteiger partial charge in [0.2, 0.25) is 0 Å². The Balaban J connectivity index is 1.56. The Labute approximate surface area is 191 Å². The highest BCUT2D eigenvalue weighted by molar-refractivity contribution is 6.34. The van der Waals surface area contributed by atoms with Gasteiger partial charge in [0, 0.05) is 12.1 Å². The summed E-state index contributed by atoms with van der Waals surface area (Å²) in [5.41, 5.74) is 0.608. The zero-order valence-electron chi connectivity index (χ0n) is 18.8. The standard InChI is InChI=1S/C25H26N2O6/c1-14(2)19-10-4-15(3)12-22(19)33-25(30)16-5-11-20-21(13-16)24(29)26(23(20)28)17-6-8-18(9-7-17)27(31)32/h5-9,11,13-15,19,22H,4,10,12H2,1-3H3/t15-,19+,22+/m1/s1. The molecule has 33 heavy (non-hydrogen) atoms. The second kappa shape index (κ2) is 8.77. The van der Waals surface area contributed by atoms with Crippen molar-refractivity contribution in [2.24, 2.45) is 17.8 Å². The number of rotatable bonds is 5. The van der Waals surface area contributed by atoms with Crippen LogP contribution < -0.4 is 4.90 Å². The highest BCUT2D eigenvalue weighted by Crippen LogP contribution is 2.36. The summed E-state index contributed by atoms with van der Waals surface area (Å²) in [6.45, 7) is 6.42. The summed E-state index contributed by atoms with van der Waals surface area (Å²) in [4.78, 5) is 50.0. The van der Waals surface area contributed by atoms with Crippen molar-refractivity contribution in [2.45, 2.75) is 46.1 Å². The van der Waals surface area contributed by atoms with Crippen molar-refractivity contribution in [1.29, 1.82) is 0 Å². The number of carbonyl (C=O) groups excluding carboxylic acids is 3. The molecule has 0 unspecified atom stereocenters. The molecule has 0 spiro atoms. The van der Waals surface area contributed by atoms with Crippen LogP contribution in [0.25, 0.3) is 0 Å². The molecule has 4 rings (SSSR count). The number of carbonyl (C=O) groups is 3. The molecule has 0 bridgehead atoms. The molecular formula is C25H26N2O6. The van der Waals surface area contributed by atoms with E-state index in [1.807, 2.05) is 0 Å². The maximum Gasteiger partial charge on any atom is 0.338 e. The molecule has 0 N–H and O–H groups in total.